The molecule has 0 aliphatic rings. The molecule has 0 saturated carbocycles. The topological polar surface area (TPSA) is 23.5 Å². The molecule has 1 rings (SSSR count). The Morgan fingerprint density at radius 2 is 1.53 bits per heavy atom. The predicted molar refractivity (Wildman–Crippen MR) is 86.2 cm³/mol. The fourth-order valence-electron chi connectivity index (χ4n) is 1.82. The first-order valence-corrected chi connectivity index (χ1v) is 7.55. The van der Waals surface area contributed by atoms with Crippen molar-refractivity contribution in [1.29, 1.82) is 0 Å². The van der Waals surface area contributed by atoms with Crippen molar-refractivity contribution in [2.45, 2.75) is 59.3 Å². The Balaban J connectivity index is 0.000000399. The van der Waals surface area contributed by atoms with Crippen LogP contribution in [0.3, 0.4) is 0 Å². The van der Waals surface area contributed by atoms with Crippen LogP contribution in [0.15, 0.2) is 18.2 Å². The van der Waals surface area contributed by atoms with Gasteiger partial charge >= 0.3 is 0 Å². The van der Waals surface area contributed by atoms with Crippen LogP contribution in [-0.2, 0) is 6.42 Å². The summed E-state index contributed by atoms with van der Waals surface area (Å²) in [6.45, 7) is 6.59. The third-order valence-corrected chi connectivity index (χ3v) is 3.14. The maximum atomic E-state index is 9.46. The van der Waals surface area contributed by atoms with Gasteiger partial charge in [-0.1, -0.05) is 58.9 Å². The third-order valence-electron chi connectivity index (χ3n) is 3.14. The van der Waals surface area contributed by atoms with Crippen molar-refractivity contribution in [2.75, 3.05) is 19.0 Å². The largest absolute Gasteiger partial charge is 0.506 e. The SMILES string of the molecule is CCCCCCC.CCc1ccc(O)c(N(C)C)c1. The van der Waals surface area contributed by atoms with E-state index in [2.05, 4.69) is 20.8 Å². The Hall–Kier alpha value is -1.18. The minimum atomic E-state index is 0.345. The van der Waals surface area contributed by atoms with Gasteiger partial charge in [-0.05, 0) is 24.1 Å². The maximum absolute atomic E-state index is 9.46. The van der Waals surface area contributed by atoms with Gasteiger partial charge < -0.3 is 10.0 Å². The van der Waals surface area contributed by atoms with Crippen LogP contribution in [0.2, 0.25) is 0 Å². The van der Waals surface area contributed by atoms with Gasteiger partial charge in [0.1, 0.15) is 5.75 Å². The van der Waals surface area contributed by atoms with Gasteiger partial charge in [-0.2, -0.15) is 0 Å². The minimum Gasteiger partial charge on any atom is -0.506 e. The normalized spacial score (nSPS) is 9.74. The van der Waals surface area contributed by atoms with E-state index in [-0.39, 0.29) is 0 Å². The van der Waals surface area contributed by atoms with Crippen LogP contribution in [0.5, 0.6) is 5.75 Å². The first-order chi connectivity index (χ1) is 9.06. The average molecular weight is 265 g/mol. The monoisotopic (exact) mass is 265 g/mol. The number of phenols is 1. The molecule has 1 aromatic carbocycles. The summed E-state index contributed by atoms with van der Waals surface area (Å²) in [6, 6.07) is 5.70. The lowest BCUT2D eigenvalue weighted by Gasteiger charge is -2.14. The highest BCUT2D eigenvalue weighted by Crippen LogP contribution is 2.26. The highest BCUT2D eigenvalue weighted by atomic mass is 16.3. The third kappa shape index (κ3) is 7.76. The summed E-state index contributed by atoms with van der Waals surface area (Å²) in [5.41, 5.74) is 2.13. The summed E-state index contributed by atoms with van der Waals surface area (Å²) in [5, 5.41) is 9.46. The van der Waals surface area contributed by atoms with E-state index in [9.17, 15) is 5.11 Å². The van der Waals surface area contributed by atoms with E-state index in [1.165, 1.54) is 37.7 Å². The summed E-state index contributed by atoms with van der Waals surface area (Å²) in [6.07, 6.45) is 8.01. The van der Waals surface area contributed by atoms with Gasteiger partial charge in [0.15, 0.2) is 0 Å². The van der Waals surface area contributed by atoms with E-state index in [0.29, 0.717) is 5.75 Å². The van der Waals surface area contributed by atoms with Crippen molar-refractivity contribution in [3.63, 3.8) is 0 Å². The van der Waals surface area contributed by atoms with Gasteiger partial charge in [0.25, 0.3) is 0 Å². The minimum absolute atomic E-state index is 0.345. The van der Waals surface area contributed by atoms with Crippen molar-refractivity contribution >= 4 is 5.69 Å². The van der Waals surface area contributed by atoms with Crippen molar-refractivity contribution in [1.82, 2.24) is 0 Å². The lowest BCUT2D eigenvalue weighted by Crippen LogP contribution is -2.08. The van der Waals surface area contributed by atoms with E-state index in [0.717, 1.165) is 12.1 Å². The van der Waals surface area contributed by atoms with Crippen LogP contribution >= 0.6 is 0 Å². The molecular formula is C17H31NO. The Kier molecular flexibility index (Phi) is 10.1. The van der Waals surface area contributed by atoms with Gasteiger partial charge in [0.2, 0.25) is 0 Å². The zero-order chi connectivity index (χ0) is 14.7. The second-order valence-corrected chi connectivity index (χ2v) is 5.13. The Morgan fingerprint density at radius 3 is 1.95 bits per heavy atom. The van der Waals surface area contributed by atoms with Gasteiger partial charge in [0, 0.05) is 14.1 Å². The molecule has 0 unspecified atom stereocenters. The molecule has 0 spiro atoms. The van der Waals surface area contributed by atoms with Crippen LogP contribution in [0, 0.1) is 0 Å². The number of aromatic hydroxyl groups is 1. The van der Waals surface area contributed by atoms with Gasteiger partial charge in [-0.25, -0.2) is 0 Å². The summed E-state index contributed by atoms with van der Waals surface area (Å²) in [5.74, 6) is 0.345. The van der Waals surface area contributed by atoms with Gasteiger partial charge in [-0.15, -0.1) is 0 Å². The molecule has 2 heteroatoms. The molecule has 1 aromatic rings. The predicted octanol–water partition coefficient (Wildman–Crippen LogP) is 5.00. The van der Waals surface area contributed by atoms with Crippen molar-refractivity contribution in [2.24, 2.45) is 0 Å². The van der Waals surface area contributed by atoms with E-state index in [1.807, 2.05) is 31.1 Å². The van der Waals surface area contributed by atoms with Crippen LogP contribution in [0.25, 0.3) is 0 Å². The Labute approximate surface area is 119 Å². The molecule has 110 valence electrons. The lowest BCUT2D eigenvalue weighted by molar-refractivity contribution is 0.475. The number of benzene rings is 1. The molecule has 0 fully saturated rings. The van der Waals surface area contributed by atoms with Crippen molar-refractivity contribution < 1.29 is 5.11 Å². The number of hydrogen-bond donors (Lipinski definition) is 1. The van der Waals surface area contributed by atoms with E-state index < -0.39 is 0 Å². The standard InChI is InChI=1S/C10H15NO.C7H16/c1-4-8-5-6-10(12)9(7-8)11(2)3;1-3-5-7-6-4-2/h5-7,12H,4H2,1-3H3;3-7H2,1-2H3. The second-order valence-electron chi connectivity index (χ2n) is 5.13. The fourth-order valence-corrected chi connectivity index (χ4v) is 1.82. The molecule has 0 saturated heterocycles. The molecule has 0 heterocycles. The molecular weight excluding hydrogens is 234 g/mol. The van der Waals surface area contributed by atoms with E-state index >= 15 is 0 Å². The summed E-state index contributed by atoms with van der Waals surface area (Å²) < 4.78 is 0. The Morgan fingerprint density at radius 1 is 0.947 bits per heavy atom. The van der Waals surface area contributed by atoms with Gasteiger partial charge in [0.05, 0.1) is 5.69 Å². The molecule has 0 bridgehead atoms. The van der Waals surface area contributed by atoms with Crippen LogP contribution in [0.4, 0.5) is 5.69 Å². The average Bonchev–Trinajstić information content (AvgIpc) is 2.40. The number of rotatable bonds is 6. The molecule has 0 aliphatic heterocycles. The van der Waals surface area contributed by atoms with Crippen LogP contribution in [-0.4, -0.2) is 19.2 Å². The highest BCUT2D eigenvalue weighted by molar-refractivity contribution is 5.58. The molecule has 0 amide bonds. The number of unbranched alkanes of at least 4 members (excludes halogenated alkanes) is 4. The molecule has 0 atom stereocenters. The maximum Gasteiger partial charge on any atom is 0.138 e. The van der Waals surface area contributed by atoms with Crippen LogP contribution < -0.4 is 4.90 Å². The van der Waals surface area contributed by atoms with E-state index in [4.69, 9.17) is 0 Å². The second kappa shape index (κ2) is 10.7. The van der Waals surface area contributed by atoms with E-state index in [1.54, 1.807) is 6.07 Å². The van der Waals surface area contributed by atoms with Crippen LogP contribution in [0.1, 0.15) is 58.4 Å². The number of aryl methyl sites for hydroxylation is 1. The molecule has 0 radical (unpaired) electrons. The lowest BCUT2D eigenvalue weighted by atomic mass is 10.1. The summed E-state index contributed by atoms with van der Waals surface area (Å²) >= 11 is 0. The molecule has 0 aromatic heterocycles. The first kappa shape index (κ1) is 17.8. The molecule has 1 N–H and O–H groups in total. The number of hydrogen-bond acceptors (Lipinski definition) is 2. The zero-order valence-electron chi connectivity index (χ0n) is 13.4. The summed E-state index contributed by atoms with van der Waals surface area (Å²) in [4.78, 5) is 1.91. The number of phenolic OH excluding ortho intramolecular Hbond substituents is 1. The van der Waals surface area contributed by atoms with Crippen molar-refractivity contribution in [3.05, 3.63) is 23.8 Å². The summed E-state index contributed by atoms with van der Waals surface area (Å²) in [7, 11) is 3.85. The molecule has 0 aliphatic carbocycles. The quantitative estimate of drug-likeness (QED) is 0.732. The Bertz CT molecular complexity index is 330. The van der Waals surface area contributed by atoms with Crippen molar-refractivity contribution in [3.8, 4) is 5.75 Å². The first-order valence-electron chi connectivity index (χ1n) is 7.55. The molecule has 2 nitrogen and oxygen atoms in total. The van der Waals surface area contributed by atoms with Gasteiger partial charge in [-0.3, -0.25) is 0 Å². The number of anilines is 1. The number of nitrogens with zero attached hydrogens (tertiary/aromatic N) is 1. The molecule has 19 heavy (non-hydrogen) atoms. The zero-order valence-corrected chi connectivity index (χ0v) is 13.4. The fraction of sp³-hybridized carbons (Fsp3) is 0.647. The highest BCUT2D eigenvalue weighted by Gasteiger charge is 2.02. The smallest absolute Gasteiger partial charge is 0.138 e.